The zero-order valence-electron chi connectivity index (χ0n) is 16.3. The molecule has 0 atom stereocenters. The molecule has 0 N–H and O–H groups in total. The molecule has 0 amide bonds. The van der Waals surface area contributed by atoms with Gasteiger partial charge >= 0.3 is 5.97 Å². The highest BCUT2D eigenvalue weighted by atomic mass is 28.3. The van der Waals surface area contributed by atoms with Gasteiger partial charge in [0.25, 0.3) is 0 Å². The van der Waals surface area contributed by atoms with Gasteiger partial charge in [-0.05, 0) is 36.4 Å². The molecule has 1 aliphatic heterocycles. The minimum absolute atomic E-state index is 0.321. The second-order valence-corrected chi connectivity index (χ2v) is 18.0. The molecule has 1 aliphatic rings. The fourth-order valence-electron chi connectivity index (χ4n) is 3.62. The second kappa shape index (κ2) is 6.90. The van der Waals surface area contributed by atoms with Gasteiger partial charge in [0, 0.05) is 11.1 Å². The zero-order chi connectivity index (χ0) is 18.9. The first-order valence-electron chi connectivity index (χ1n) is 9.08. The van der Waals surface area contributed by atoms with Gasteiger partial charge in [-0.3, -0.25) is 0 Å². The molecule has 0 aromatic heterocycles. The van der Waals surface area contributed by atoms with Crippen LogP contribution in [-0.2, 0) is 4.74 Å². The van der Waals surface area contributed by atoms with E-state index in [0.717, 1.165) is 11.1 Å². The third-order valence-corrected chi connectivity index (χ3v) is 13.0. The minimum atomic E-state index is -1.35. The minimum Gasteiger partial charge on any atom is -0.465 e. The summed E-state index contributed by atoms with van der Waals surface area (Å²) < 4.78 is 4.73. The monoisotopic (exact) mass is 378 g/mol. The maximum atomic E-state index is 11.5. The summed E-state index contributed by atoms with van der Waals surface area (Å²) in [7, 11) is -1.25. The summed E-state index contributed by atoms with van der Waals surface area (Å²) in [6.07, 6.45) is 0. The molecule has 2 aromatic carbocycles. The van der Waals surface area contributed by atoms with E-state index < -0.39 is 16.1 Å². The number of esters is 1. The lowest BCUT2D eigenvalue weighted by Gasteiger charge is -2.39. The van der Waals surface area contributed by atoms with Crippen molar-refractivity contribution in [3.8, 4) is 11.8 Å². The summed E-state index contributed by atoms with van der Waals surface area (Å²) in [5, 5.41) is 3.27. The summed E-state index contributed by atoms with van der Waals surface area (Å²) in [5.74, 6) is 6.21. The fraction of sp³-hybridized carbons (Fsp3) is 0.318. The molecule has 3 rings (SSSR count). The van der Waals surface area contributed by atoms with Crippen LogP contribution in [0.2, 0.25) is 38.3 Å². The molecule has 134 valence electrons. The number of rotatable bonds is 1. The van der Waals surface area contributed by atoms with Crippen molar-refractivity contribution < 1.29 is 9.53 Å². The molecule has 0 bridgehead atoms. The van der Waals surface area contributed by atoms with Gasteiger partial charge in [0.2, 0.25) is 0 Å². The second-order valence-electron chi connectivity index (χ2n) is 8.35. The van der Waals surface area contributed by atoms with Gasteiger partial charge in [-0.1, -0.05) is 66.6 Å². The first-order valence-corrected chi connectivity index (χ1v) is 15.5. The Morgan fingerprint density at radius 2 is 1.38 bits per heavy atom. The Hall–Kier alpha value is -2.10. The number of carbonyl (C=O) groups excluding carboxylic acids is 1. The molecule has 26 heavy (non-hydrogen) atoms. The van der Waals surface area contributed by atoms with Crippen LogP contribution in [0.5, 0.6) is 0 Å². The summed E-state index contributed by atoms with van der Waals surface area (Å²) in [5.41, 5.74) is 2.54. The SMILES string of the molecule is COC(=O)c1ccc(C#Cc2ccc3c(c2)[Si](C)(C)CC[Si]3(C)C)cc1. The third kappa shape index (κ3) is 3.69. The molecule has 0 unspecified atom stereocenters. The first-order chi connectivity index (χ1) is 12.2. The standard InChI is InChI=1S/C22H26O2Si2/c1-24-22(23)19-11-8-17(9-12-19)6-7-18-10-13-20-21(16-18)26(4,5)15-14-25(20,2)3/h8-13,16H,14-15H2,1-5H3. The van der Waals surface area contributed by atoms with E-state index in [0.29, 0.717) is 5.56 Å². The van der Waals surface area contributed by atoms with Crippen LogP contribution in [0.1, 0.15) is 21.5 Å². The molecule has 2 aromatic rings. The van der Waals surface area contributed by atoms with Crippen molar-refractivity contribution in [2.75, 3.05) is 7.11 Å². The van der Waals surface area contributed by atoms with Crippen LogP contribution in [0.3, 0.4) is 0 Å². The van der Waals surface area contributed by atoms with Gasteiger partial charge in [-0.25, -0.2) is 4.79 Å². The number of carbonyl (C=O) groups is 1. The van der Waals surface area contributed by atoms with E-state index in [9.17, 15) is 4.79 Å². The maximum Gasteiger partial charge on any atom is 0.337 e. The largest absolute Gasteiger partial charge is 0.465 e. The Balaban J connectivity index is 1.91. The van der Waals surface area contributed by atoms with E-state index >= 15 is 0 Å². The predicted octanol–water partition coefficient (Wildman–Crippen LogP) is 3.72. The van der Waals surface area contributed by atoms with Crippen LogP contribution < -0.4 is 10.4 Å². The van der Waals surface area contributed by atoms with E-state index in [1.807, 2.05) is 12.1 Å². The van der Waals surface area contributed by atoms with Gasteiger partial charge in [0.1, 0.15) is 0 Å². The summed E-state index contributed by atoms with van der Waals surface area (Å²) >= 11 is 0. The van der Waals surface area contributed by atoms with Crippen molar-refractivity contribution in [2.24, 2.45) is 0 Å². The van der Waals surface area contributed by atoms with Crippen molar-refractivity contribution in [1.82, 2.24) is 0 Å². The van der Waals surface area contributed by atoms with E-state index in [1.54, 1.807) is 22.5 Å². The fourth-order valence-corrected chi connectivity index (χ4v) is 13.9. The van der Waals surface area contributed by atoms with Crippen molar-refractivity contribution in [3.63, 3.8) is 0 Å². The Kier molecular flexibility index (Phi) is 4.96. The van der Waals surface area contributed by atoms with Crippen LogP contribution in [0.25, 0.3) is 0 Å². The Labute approximate surface area is 158 Å². The average molecular weight is 379 g/mol. The van der Waals surface area contributed by atoms with Crippen LogP contribution in [0, 0.1) is 11.8 Å². The van der Waals surface area contributed by atoms with Crippen molar-refractivity contribution in [1.29, 1.82) is 0 Å². The van der Waals surface area contributed by atoms with Gasteiger partial charge in [0.15, 0.2) is 0 Å². The van der Waals surface area contributed by atoms with Crippen molar-refractivity contribution in [2.45, 2.75) is 38.3 Å². The topological polar surface area (TPSA) is 26.3 Å². The predicted molar refractivity (Wildman–Crippen MR) is 114 cm³/mol. The summed E-state index contributed by atoms with van der Waals surface area (Å²) in [4.78, 5) is 11.5. The molecular formula is C22H26O2Si2. The van der Waals surface area contributed by atoms with Crippen LogP contribution in [-0.4, -0.2) is 29.2 Å². The molecule has 0 saturated carbocycles. The first kappa shape index (κ1) is 18.7. The van der Waals surface area contributed by atoms with E-state index in [2.05, 4.69) is 56.2 Å². The number of hydrogen-bond acceptors (Lipinski definition) is 2. The molecule has 1 heterocycles. The smallest absolute Gasteiger partial charge is 0.337 e. The highest BCUT2D eigenvalue weighted by Gasteiger charge is 2.39. The molecule has 0 fully saturated rings. The van der Waals surface area contributed by atoms with Crippen molar-refractivity contribution in [3.05, 3.63) is 59.2 Å². The number of fused-ring (bicyclic) bond motifs is 1. The molecule has 2 nitrogen and oxygen atoms in total. The summed E-state index contributed by atoms with van der Waals surface area (Å²) in [6, 6.07) is 16.9. The normalized spacial score (nSPS) is 16.8. The zero-order valence-corrected chi connectivity index (χ0v) is 18.3. The quantitative estimate of drug-likeness (QED) is 0.429. The van der Waals surface area contributed by atoms with Crippen LogP contribution in [0.4, 0.5) is 0 Å². The molecule has 0 aliphatic carbocycles. The lowest BCUT2D eigenvalue weighted by Crippen LogP contribution is -2.63. The third-order valence-electron chi connectivity index (χ3n) is 5.51. The highest BCUT2D eigenvalue weighted by molar-refractivity contribution is 7.03. The van der Waals surface area contributed by atoms with Gasteiger partial charge in [0.05, 0.1) is 28.8 Å². The van der Waals surface area contributed by atoms with Gasteiger partial charge < -0.3 is 4.74 Å². The van der Waals surface area contributed by atoms with Gasteiger partial charge in [-0.15, -0.1) is 0 Å². The summed E-state index contributed by atoms with van der Waals surface area (Å²) in [6.45, 7) is 9.95. The Bertz CT molecular complexity index is 900. The lowest BCUT2D eigenvalue weighted by atomic mass is 10.1. The average Bonchev–Trinajstić information content (AvgIpc) is 2.63. The van der Waals surface area contributed by atoms with Crippen LogP contribution in [0.15, 0.2) is 42.5 Å². The van der Waals surface area contributed by atoms with E-state index in [4.69, 9.17) is 4.74 Å². The van der Waals surface area contributed by atoms with Crippen LogP contribution >= 0.6 is 0 Å². The molecule has 0 saturated heterocycles. The molecule has 4 heteroatoms. The van der Waals surface area contributed by atoms with E-state index in [-0.39, 0.29) is 5.97 Å². The lowest BCUT2D eigenvalue weighted by molar-refractivity contribution is 0.0600. The molecule has 0 radical (unpaired) electrons. The number of ether oxygens (including phenoxy) is 1. The highest BCUT2D eigenvalue weighted by Crippen LogP contribution is 2.25. The van der Waals surface area contributed by atoms with E-state index in [1.165, 1.54) is 19.2 Å². The Morgan fingerprint density at radius 1 is 0.846 bits per heavy atom. The number of benzene rings is 2. The number of methoxy groups -OCH3 is 1. The molecule has 0 spiro atoms. The molecular weight excluding hydrogens is 352 g/mol. The maximum absolute atomic E-state index is 11.5. The number of hydrogen-bond donors (Lipinski definition) is 0. The Morgan fingerprint density at radius 3 is 2.00 bits per heavy atom. The van der Waals surface area contributed by atoms with Crippen molar-refractivity contribution >= 4 is 32.5 Å². The van der Waals surface area contributed by atoms with Gasteiger partial charge in [-0.2, -0.15) is 0 Å².